The molecule has 0 spiro atoms. The molecule has 2 unspecified atom stereocenters. The molecule has 0 saturated heterocycles. The highest BCUT2D eigenvalue weighted by molar-refractivity contribution is 5.94. The van der Waals surface area contributed by atoms with E-state index in [1.54, 1.807) is 18.3 Å². The van der Waals surface area contributed by atoms with Gasteiger partial charge in [-0.3, -0.25) is 4.79 Å². The predicted molar refractivity (Wildman–Crippen MR) is 75.6 cm³/mol. The van der Waals surface area contributed by atoms with Gasteiger partial charge in [0.2, 0.25) is 0 Å². The monoisotopic (exact) mass is 262 g/mol. The third-order valence-corrected chi connectivity index (χ3v) is 4.04. The van der Waals surface area contributed by atoms with E-state index in [1.807, 2.05) is 11.9 Å². The number of rotatable bonds is 3. The lowest BCUT2D eigenvalue weighted by molar-refractivity contribution is 0.0628. The molecule has 1 heterocycles. The van der Waals surface area contributed by atoms with Crippen molar-refractivity contribution in [3.63, 3.8) is 0 Å². The average molecular weight is 262 g/mol. The number of anilines is 1. The number of hydrazine groups is 1. The van der Waals surface area contributed by atoms with E-state index in [0.29, 0.717) is 23.3 Å². The van der Waals surface area contributed by atoms with Gasteiger partial charge in [0.1, 0.15) is 5.82 Å². The molecule has 0 aliphatic heterocycles. The number of hydrogen-bond donors (Lipinski definition) is 2. The lowest BCUT2D eigenvalue weighted by Gasteiger charge is -2.36. The second kappa shape index (κ2) is 6.02. The first-order valence-electron chi connectivity index (χ1n) is 6.83. The lowest BCUT2D eigenvalue weighted by atomic mass is 9.85. The Morgan fingerprint density at radius 1 is 1.42 bits per heavy atom. The van der Waals surface area contributed by atoms with E-state index < -0.39 is 0 Å². The molecule has 3 N–H and O–H groups in total. The van der Waals surface area contributed by atoms with E-state index in [0.717, 1.165) is 6.42 Å². The molecule has 0 radical (unpaired) electrons. The number of carbonyl (C=O) groups is 1. The number of nitrogen functional groups attached to an aromatic ring is 1. The summed E-state index contributed by atoms with van der Waals surface area (Å²) in [6.45, 7) is 2.23. The van der Waals surface area contributed by atoms with Crippen molar-refractivity contribution in [3.8, 4) is 0 Å². The molecule has 1 aromatic rings. The molecular weight excluding hydrogens is 240 g/mol. The van der Waals surface area contributed by atoms with Crippen LogP contribution in [0.4, 0.5) is 5.82 Å². The minimum atomic E-state index is 0.0369. The molecule has 5 nitrogen and oxygen atoms in total. The van der Waals surface area contributed by atoms with Crippen LogP contribution in [0.25, 0.3) is 0 Å². The Morgan fingerprint density at radius 2 is 2.16 bits per heavy atom. The highest BCUT2D eigenvalue weighted by atomic mass is 16.2. The summed E-state index contributed by atoms with van der Waals surface area (Å²) < 4.78 is 0. The van der Waals surface area contributed by atoms with Gasteiger partial charge in [-0.25, -0.2) is 10.8 Å². The molecule has 0 bridgehead atoms. The number of pyridine rings is 1. The molecule has 1 saturated carbocycles. The summed E-state index contributed by atoms with van der Waals surface area (Å²) in [5.74, 6) is 6.43. The van der Waals surface area contributed by atoms with Gasteiger partial charge in [-0.2, -0.15) is 0 Å². The lowest BCUT2D eigenvalue weighted by Crippen LogP contribution is -2.42. The van der Waals surface area contributed by atoms with E-state index in [2.05, 4.69) is 17.3 Å². The van der Waals surface area contributed by atoms with Crippen molar-refractivity contribution in [1.29, 1.82) is 0 Å². The molecule has 5 heteroatoms. The number of hydrogen-bond acceptors (Lipinski definition) is 4. The van der Waals surface area contributed by atoms with Crippen LogP contribution in [0.1, 0.15) is 43.0 Å². The van der Waals surface area contributed by atoms with Crippen LogP contribution in [0.2, 0.25) is 0 Å². The normalized spacial score (nSPS) is 22.9. The maximum atomic E-state index is 12.4. The van der Waals surface area contributed by atoms with Crippen LogP contribution in [0.5, 0.6) is 0 Å². The van der Waals surface area contributed by atoms with E-state index in [1.165, 1.54) is 19.3 Å². The third-order valence-electron chi connectivity index (χ3n) is 4.04. The minimum absolute atomic E-state index is 0.0369. The topological polar surface area (TPSA) is 71.2 Å². The van der Waals surface area contributed by atoms with Crippen molar-refractivity contribution in [2.45, 2.75) is 38.6 Å². The summed E-state index contributed by atoms with van der Waals surface area (Å²) in [6, 6.07) is 3.81. The number of nitrogens with zero attached hydrogens (tertiary/aromatic N) is 2. The average Bonchev–Trinajstić information content (AvgIpc) is 2.46. The minimum Gasteiger partial charge on any atom is -0.338 e. The van der Waals surface area contributed by atoms with E-state index in [-0.39, 0.29) is 5.91 Å². The Kier molecular flexibility index (Phi) is 4.37. The Balaban J connectivity index is 2.08. The second-order valence-electron chi connectivity index (χ2n) is 5.32. The predicted octanol–water partition coefficient (Wildman–Crippen LogP) is 2.02. The van der Waals surface area contributed by atoms with Gasteiger partial charge in [0.25, 0.3) is 5.91 Å². The number of amides is 1. The van der Waals surface area contributed by atoms with Gasteiger partial charge >= 0.3 is 0 Å². The zero-order valence-corrected chi connectivity index (χ0v) is 11.6. The molecular formula is C14H22N4O. The largest absolute Gasteiger partial charge is 0.338 e. The number of aromatic nitrogens is 1. The Hall–Kier alpha value is -1.62. The summed E-state index contributed by atoms with van der Waals surface area (Å²) in [5, 5.41) is 0. The van der Waals surface area contributed by atoms with E-state index >= 15 is 0 Å². The molecule has 1 amide bonds. The summed E-state index contributed by atoms with van der Waals surface area (Å²) >= 11 is 0. The van der Waals surface area contributed by atoms with E-state index in [9.17, 15) is 4.79 Å². The molecule has 1 aliphatic rings. The molecule has 1 aromatic heterocycles. The first kappa shape index (κ1) is 13.8. The molecule has 104 valence electrons. The van der Waals surface area contributed by atoms with Crippen molar-refractivity contribution in [2.75, 3.05) is 12.5 Å². The molecule has 2 rings (SSSR count). The number of nitrogens with two attached hydrogens (primary N) is 1. The smallest absolute Gasteiger partial charge is 0.255 e. The zero-order valence-electron chi connectivity index (χ0n) is 11.6. The fraction of sp³-hybridized carbons (Fsp3) is 0.571. The fourth-order valence-corrected chi connectivity index (χ4v) is 2.83. The number of nitrogens with one attached hydrogen (secondary N) is 1. The van der Waals surface area contributed by atoms with Crippen LogP contribution in [0.3, 0.4) is 0 Å². The highest BCUT2D eigenvalue weighted by Gasteiger charge is 2.28. The summed E-state index contributed by atoms with van der Waals surface area (Å²) in [4.78, 5) is 18.4. The molecule has 2 atom stereocenters. The zero-order chi connectivity index (χ0) is 13.8. The first-order valence-corrected chi connectivity index (χ1v) is 6.83. The Bertz CT molecular complexity index is 432. The fourth-order valence-electron chi connectivity index (χ4n) is 2.83. The van der Waals surface area contributed by atoms with E-state index in [4.69, 9.17) is 5.84 Å². The Labute approximate surface area is 114 Å². The van der Waals surface area contributed by atoms with Crippen molar-refractivity contribution in [2.24, 2.45) is 11.8 Å². The van der Waals surface area contributed by atoms with Crippen molar-refractivity contribution >= 4 is 11.7 Å². The Morgan fingerprint density at radius 3 is 2.74 bits per heavy atom. The van der Waals surface area contributed by atoms with Crippen LogP contribution in [-0.4, -0.2) is 28.9 Å². The van der Waals surface area contributed by atoms with Gasteiger partial charge in [0, 0.05) is 19.3 Å². The van der Waals surface area contributed by atoms with Gasteiger partial charge in [-0.15, -0.1) is 0 Å². The summed E-state index contributed by atoms with van der Waals surface area (Å²) in [5.41, 5.74) is 3.07. The standard InChI is InChI=1S/C14H22N4O/c1-10-5-3-4-6-12(10)18(2)14(19)11-7-8-13(17-15)16-9-11/h7-10,12H,3-6,15H2,1-2H3,(H,16,17). The second-order valence-corrected chi connectivity index (χ2v) is 5.32. The van der Waals surface area contributed by atoms with Gasteiger partial charge in [-0.1, -0.05) is 19.8 Å². The molecule has 1 fully saturated rings. The highest BCUT2D eigenvalue weighted by Crippen LogP contribution is 2.28. The van der Waals surface area contributed by atoms with Crippen LogP contribution < -0.4 is 11.3 Å². The van der Waals surface area contributed by atoms with Crippen molar-refractivity contribution in [1.82, 2.24) is 9.88 Å². The van der Waals surface area contributed by atoms with Crippen LogP contribution >= 0.6 is 0 Å². The van der Waals surface area contributed by atoms with Gasteiger partial charge < -0.3 is 10.3 Å². The van der Waals surface area contributed by atoms with Gasteiger partial charge in [0.05, 0.1) is 5.56 Å². The number of carbonyl (C=O) groups excluding carboxylic acids is 1. The van der Waals surface area contributed by atoms with Gasteiger partial charge in [0.15, 0.2) is 0 Å². The SMILES string of the molecule is CC1CCCCC1N(C)C(=O)c1ccc(NN)nc1. The third kappa shape index (κ3) is 3.04. The quantitative estimate of drug-likeness (QED) is 0.646. The van der Waals surface area contributed by atoms with Crippen LogP contribution in [-0.2, 0) is 0 Å². The summed E-state index contributed by atoms with van der Waals surface area (Å²) in [7, 11) is 1.89. The maximum absolute atomic E-state index is 12.4. The van der Waals surface area contributed by atoms with Crippen LogP contribution in [0.15, 0.2) is 18.3 Å². The first-order chi connectivity index (χ1) is 9.13. The van der Waals surface area contributed by atoms with Crippen molar-refractivity contribution in [3.05, 3.63) is 23.9 Å². The van der Waals surface area contributed by atoms with Crippen molar-refractivity contribution < 1.29 is 4.79 Å². The van der Waals surface area contributed by atoms with Gasteiger partial charge in [-0.05, 0) is 30.9 Å². The molecule has 1 aliphatic carbocycles. The van der Waals surface area contributed by atoms with Crippen LogP contribution in [0, 0.1) is 5.92 Å². The molecule has 19 heavy (non-hydrogen) atoms. The maximum Gasteiger partial charge on any atom is 0.255 e. The summed E-state index contributed by atoms with van der Waals surface area (Å²) in [6.07, 6.45) is 6.36. The molecule has 0 aromatic carbocycles.